The average Bonchev–Trinajstić information content (AvgIpc) is 2.55. The van der Waals surface area contributed by atoms with Crippen LogP contribution in [0.2, 0.25) is 0 Å². The maximum Gasteiger partial charge on any atom is 0.0323 e. The van der Waals surface area contributed by atoms with Gasteiger partial charge in [0, 0.05) is 6.04 Å². The molecule has 2 unspecified atom stereocenters. The summed E-state index contributed by atoms with van der Waals surface area (Å²) in [6, 6.07) is 8.05. The minimum Gasteiger partial charge on any atom is -0.310 e. The van der Waals surface area contributed by atoms with Gasteiger partial charge in [0.1, 0.15) is 0 Å². The predicted molar refractivity (Wildman–Crippen MR) is 91.0 cm³/mol. The summed E-state index contributed by atoms with van der Waals surface area (Å²) < 4.78 is 0. The van der Waals surface area contributed by atoms with E-state index in [0.29, 0.717) is 6.04 Å². The Hall–Kier alpha value is -0.820. The Balaban J connectivity index is 1.85. The van der Waals surface area contributed by atoms with E-state index in [0.717, 1.165) is 18.4 Å². The Morgan fingerprint density at radius 2 is 1.81 bits per heavy atom. The van der Waals surface area contributed by atoms with Crippen LogP contribution < -0.4 is 5.32 Å². The van der Waals surface area contributed by atoms with Gasteiger partial charge in [0.15, 0.2) is 0 Å². The van der Waals surface area contributed by atoms with Crippen LogP contribution in [-0.4, -0.2) is 6.54 Å². The van der Waals surface area contributed by atoms with Crippen LogP contribution in [-0.2, 0) is 0 Å². The zero-order chi connectivity index (χ0) is 14.7. The van der Waals surface area contributed by atoms with Crippen molar-refractivity contribution in [3.05, 3.63) is 34.9 Å². The summed E-state index contributed by atoms with van der Waals surface area (Å²) in [5, 5.41) is 3.78. The molecule has 1 nitrogen and oxygen atoms in total. The normalized spacial score (nSPS) is 26.6. The first-order valence-electron chi connectivity index (χ1n) is 9.16. The van der Waals surface area contributed by atoms with Gasteiger partial charge in [-0.05, 0) is 67.2 Å². The molecule has 2 atom stereocenters. The lowest BCUT2D eigenvalue weighted by atomic mass is 9.77. The first kappa shape index (κ1) is 15.1. The highest BCUT2D eigenvalue weighted by atomic mass is 14.9. The number of hydrogen-bond acceptors (Lipinski definition) is 1. The van der Waals surface area contributed by atoms with Crippen LogP contribution >= 0.6 is 0 Å². The van der Waals surface area contributed by atoms with Gasteiger partial charge in [-0.25, -0.2) is 0 Å². The van der Waals surface area contributed by atoms with Crippen molar-refractivity contribution >= 4 is 0 Å². The van der Waals surface area contributed by atoms with E-state index in [2.05, 4.69) is 37.4 Å². The van der Waals surface area contributed by atoms with Crippen molar-refractivity contribution in [3.63, 3.8) is 0 Å². The molecule has 1 N–H and O–H groups in total. The second kappa shape index (κ2) is 6.96. The molecule has 1 heteroatoms. The van der Waals surface area contributed by atoms with E-state index in [1.165, 1.54) is 51.4 Å². The van der Waals surface area contributed by atoms with E-state index in [1.807, 2.05) is 0 Å². The van der Waals surface area contributed by atoms with Crippen molar-refractivity contribution in [2.24, 2.45) is 0 Å². The Kier molecular flexibility index (Phi) is 5.00. The lowest BCUT2D eigenvalue weighted by Crippen LogP contribution is -2.27. The van der Waals surface area contributed by atoms with Crippen molar-refractivity contribution in [3.8, 4) is 0 Å². The molecule has 1 saturated carbocycles. The van der Waals surface area contributed by atoms with Gasteiger partial charge in [-0.3, -0.25) is 0 Å². The smallest absolute Gasteiger partial charge is 0.0323 e. The van der Waals surface area contributed by atoms with Gasteiger partial charge in [-0.1, -0.05) is 51.3 Å². The van der Waals surface area contributed by atoms with E-state index in [9.17, 15) is 0 Å². The molecule has 1 fully saturated rings. The van der Waals surface area contributed by atoms with Crippen molar-refractivity contribution in [2.75, 3.05) is 6.54 Å². The summed E-state index contributed by atoms with van der Waals surface area (Å²) in [5.74, 6) is 1.56. The van der Waals surface area contributed by atoms with Crippen molar-refractivity contribution in [2.45, 2.75) is 83.1 Å². The number of fused-ring (bicyclic) bond motifs is 1. The van der Waals surface area contributed by atoms with E-state index in [-0.39, 0.29) is 0 Å². The molecule has 0 heterocycles. The van der Waals surface area contributed by atoms with Crippen LogP contribution in [0.3, 0.4) is 0 Å². The molecule has 0 bridgehead atoms. The highest BCUT2D eigenvalue weighted by Crippen LogP contribution is 2.40. The van der Waals surface area contributed by atoms with E-state index in [1.54, 1.807) is 16.7 Å². The molecule has 0 aromatic heterocycles. The third-order valence-electron chi connectivity index (χ3n) is 5.62. The third kappa shape index (κ3) is 3.34. The average molecular weight is 285 g/mol. The van der Waals surface area contributed by atoms with Gasteiger partial charge in [0.05, 0.1) is 0 Å². The van der Waals surface area contributed by atoms with Gasteiger partial charge in [0.25, 0.3) is 0 Å². The van der Waals surface area contributed by atoms with Crippen molar-refractivity contribution < 1.29 is 0 Å². The number of benzene rings is 1. The Morgan fingerprint density at radius 3 is 2.57 bits per heavy atom. The first-order valence-corrected chi connectivity index (χ1v) is 9.16. The summed E-state index contributed by atoms with van der Waals surface area (Å²) in [6.07, 6.45) is 11.0. The molecule has 0 spiro atoms. The molecule has 0 saturated heterocycles. The molecule has 3 rings (SSSR count). The molecule has 1 aromatic carbocycles. The topological polar surface area (TPSA) is 12.0 Å². The van der Waals surface area contributed by atoms with Crippen LogP contribution in [0.5, 0.6) is 0 Å². The minimum absolute atomic E-state index is 0.597. The van der Waals surface area contributed by atoms with Crippen molar-refractivity contribution in [1.82, 2.24) is 5.32 Å². The fraction of sp³-hybridized carbons (Fsp3) is 0.700. The monoisotopic (exact) mass is 285 g/mol. The standard InChI is InChI=1S/C20H31N/c1-3-13-21-20-12-9-15(2)18-11-10-17(14-19(18)20)16-7-5-4-6-8-16/h10-11,14-16,20-21H,3-9,12-13H2,1-2H3. The first-order chi connectivity index (χ1) is 10.3. The van der Waals surface area contributed by atoms with Crippen molar-refractivity contribution in [1.29, 1.82) is 0 Å². The van der Waals surface area contributed by atoms with Crippen LogP contribution in [0.4, 0.5) is 0 Å². The molecule has 1 aromatic rings. The molecule has 2 aliphatic rings. The molecule has 0 aliphatic heterocycles. The lowest BCUT2D eigenvalue weighted by Gasteiger charge is -2.32. The van der Waals surface area contributed by atoms with Gasteiger partial charge >= 0.3 is 0 Å². The SMILES string of the molecule is CCCNC1CCC(C)c2ccc(C3CCCCC3)cc21. The summed E-state index contributed by atoms with van der Waals surface area (Å²) in [6.45, 7) is 5.80. The van der Waals surface area contributed by atoms with Gasteiger partial charge in [-0.2, -0.15) is 0 Å². The molecule has 2 aliphatic carbocycles. The fourth-order valence-corrected chi connectivity index (χ4v) is 4.29. The summed E-state index contributed by atoms with van der Waals surface area (Å²) in [5.41, 5.74) is 4.84. The fourth-order valence-electron chi connectivity index (χ4n) is 4.29. The third-order valence-corrected chi connectivity index (χ3v) is 5.62. The largest absolute Gasteiger partial charge is 0.310 e. The quantitative estimate of drug-likeness (QED) is 0.751. The second-order valence-electron chi connectivity index (χ2n) is 7.21. The molecule has 116 valence electrons. The number of hydrogen-bond donors (Lipinski definition) is 1. The zero-order valence-electron chi connectivity index (χ0n) is 13.8. The predicted octanol–water partition coefficient (Wildman–Crippen LogP) is 5.67. The Labute approximate surface area is 130 Å². The molecular formula is C20H31N. The summed E-state index contributed by atoms with van der Waals surface area (Å²) in [4.78, 5) is 0. The maximum absolute atomic E-state index is 3.78. The van der Waals surface area contributed by atoms with Gasteiger partial charge in [0.2, 0.25) is 0 Å². The Morgan fingerprint density at radius 1 is 1.00 bits per heavy atom. The maximum atomic E-state index is 3.78. The minimum atomic E-state index is 0.597. The van der Waals surface area contributed by atoms with Gasteiger partial charge < -0.3 is 5.32 Å². The molecular weight excluding hydrogens is 254 g/mol. The lowest BCUT2D eigenvalue weighted by molar-refractivity contribution is 0.425. The number of nitrogens with one attached hydrogen (secondary N) is 1. The zero-order valence-corrected chi connectivity index (χ0v) is 13.8. The van der Waals surface area contributed by atoms with E-state index in [4.69, 9.17) is 0 Å². The molecule has 0 amide bonds. The summed E-state index contributed by atoms with van der Waals surface area (Å²) in [7, 11) is 0. The molecule has 0 radical (unpaired) electrons. The molecule has 21 heavy (non-hydrogen) atoms. The van der Waals surface area contributed by atoms with Crippen LogP contribution in [0.25, 0.3) is 0 Å². The van der Waals surface area contributed by atoms with Gasteiger partial charge in [-0.15, -0.1) is 0 Å². The highest BCUT2D eigenvalue weighted by Gasteiger charge is 2.26. The number of rotatable bonds is 4. The van der Waals surface area contributed by atoms with Crippen LogP contribution in [0.1, 0.15) is 99.8 Å². The van der Waals surface area contributed by atoms with Crippen LogP contribution in [0, 0.1) is 0 Å². The van der Waals surface area contributed by atoms with E-state index < -0.39 is 0 Å². The highest BCUT2D eigenvalue weighted by molar-refractivity contribution is 5.39. The summed E-state index contributed by atoms with van der Waals surface area (Å²) >= 11 is 0. The second-order valence-corrected chi connectivity index (χ2v) is 7.21. The van der Waals surface area contributed by atoms with Crippen LogP contribution in [0.15, 0.2) is 18.2 Å². The van der Waals surface area contributed by atoms with E-state index >= 15 is 0 Å². The Bertz CT molecular complexity index is 459.